The summed E-state index contributed by atoms with van der Waals surface area (Å²) in [5.74, 6) is 0. The molecule has 0 fully saturated rings. The molecule has 0 amide bonds. The van der Waals surface area contributed by atoms with Gasteiger partial charge < -0.3 is 10.3 Å². The smallest absolute Gasteiger partial charge is 0.104 e. The molecule has 0 spiro atoms. The Morgan fingerprint density at radius 2 is 2.10 bits per heavy atom. The van der Waals surface area contributed by atoms with Crippen LogP contribution in [0.1, 0.15) is 11.3 Å². The fourth-order valence-corrected chi connectivity index (χ4v) is 2.66. The number of rotatable bonds is 3. The van der Waals surface area contributed by atoms with Crippen LogP contribution in [0.3, 0.4) is 0 Å². The maximum absolute atomic E-state index is 5.76. The monoisotopic (exact) mass is 345 g/mol. The molecule has 100 valence electrons. The predicted octanol–water partition coefficient (Wildman–Crippen LogP) is 3.48. The van der Waals surface area contributed by atoms with Gasteiger partial charge in [-0.2, -0.15) is 0 Å². The van der Waals surface area contributed by atoms with Crippen molar-refractivity contribution in [2.24, 2.45) is 5.73 Å². The maximum Gasteiger partial charge on any atom is 0.104 e. The molecule has 0 radical (unpaired) electrons. The number of thiocarbonyl (C=S) groups is 1. The number of aromatic nitrogens is 2. The number of hydrogen-bond donors (Lipinski definition) is 1. The Labute approximate surface area is 130 Å². The van der Waals surface area contributed by atoms with E-state index in [1.807, 2.05) is 42.7 Å². The minimum Gasteiger partial charge on any atom is -0.389 e. The Morgan fingerprint density at radius 3 is 2.80 bits per heavy atom. The van der Waals surface area contributed by atoms with Gasteiger partial charge in [-0.05, 0) is 40.2 Å². The molecular weight excluding hydrogens is 334 g/mol. The molecule has 0 aliphatic carbocycles. The standard InChI is InChI=1S/C15H12BrN3S/c16-10-4-5-11(18-8-10)9-19-7-6-12-13(15(17)20)2-1-3-14(12)19/h1-8H,9H2,(H2,17,20). The SMILES string of the molecule is NC(=S)c1cccc2c1ccn2Cc1ccc(Br)cn1. The molecule has 0 bridgehead atoms. The van der Waals surface area contributed by atoms with Gasteiger partial charge in [0.2, 0.25) is 0 Å². The minimum atomic E-state index is 0.426. The van der Waals surface area contributed by atoms with Gasteiger partial charge in [-0.25, -0.2) is 0 Å². The minimum absolute atomic E-state index is 0.426. The summed E-state index contributed by atoms with van der Waals surface area (Å²) < 4.78 is 3.13. The summed E-state index contributed by atoms with van der Waals surface area (Å²) in [7, 11) is 0. The van der Waals surface area contributed by atoms with Crippen molar-refractivity contribution in [1.82, 2.24) is 9.55 Å². The summed E-state index contributed by atoms with van der Waals surface area (Å²) in [6.07, 6.45) is 3.84. The maximum atomic E-state index is 5.76. The second-order valence-corrected chi connectivity index (χ2v) is 5.87. The van der Waals surface area contributed by atoms with E-state index < -0.39 is 0 Å². The molecule has 3 nitrogen and oxygen atoms in total. The lowest BCUT2D eigenvalue weighted by Crippen LogP contribution is -2.09. The van der Waals surface area contributed by atoms with Crippen LogP contribution in [0, 0.1) is 0 Å². The van der Waals surface area contributed by atoms with Gasteiger partial charge in [-0.15, -0.1) is 0 Å². The molecule has 20 heavy (non-hydrogen) atoms. The Bertz CT molecular complexity index is 777. The topological polar surface area (TPSA) is 43.8 Å². The number of pyridine rings is 1. The Kier molecular flexibility index (Phi) is 3.54. The van der Waals surface area contributed by atoms with E-state index in [-0.39, 0.29) is 0 Å². The summed E-state index contributed by atoms with van der Waals surface area (Å²) in [4.78, 5) is 4.83. The highest BCUT2D eigenvalue weighted by Crippen LogP contribution is 2.21. The molecule has 5 heteroatoms. The predicted molar refractivity (Wildman–Crippen MR) is 88.9 cm³/mol. The number of nitrogens with zero attached hydrogens (tertiary/aromatic N) is 2. The van der Waals surface area contributed by atoms with Crippen molar-refractivity contribution < 1.29 is 0 Å². The number of halogens is 1. The van der Waals surface area contributed by atoms with E-state index in [1.165, 1.54) is 0 Å². The van der Waals surface area contributed by atoms with E-state index in [0.717, 1.165) is 33.2 Å². The van der Waals surface area contributed by atoms with E-state index in [2.05, 4.69) is 31.5 Å². The Morgan fingerprint density at radius 1 is 1.25 bits per heavy atom. The first-order valence-electron chi connectivity index (χ1n) is 6.13. The van der Waals surface area contributed by atoms with Gasteiger partial charge >= 0.3 is 0 Å². The molecule has 0 unspecified atom stereocenters. The summed E-state index contributed by atoms with van der Waals surface area (Å²) in [6.45, 7) is 0.720. The molecule has 3 aromatic rings. The van der Waals surface area contributed by atoms with Crippen LogP contribution < -0.4 is 5.73 Å². The van der Waals surface area contributed by atoms with Crippen LogP contribution in [0.15, 0.2) is 53.3 Å². The molecule has 0 saturated heterocycles. The van der Waals surface area contributed by atoms with Crippen molar-refractivity contribution in [2.45, 2.75) is 6.54 Å². The zero-order valence-corrected chi connectivity index (χ0v) is 13.0. The van der Waals surface area contributed by atoms with Crippen molar-refractivity contribution >= 4 is 44.0 Å². The quantitative estimate of drug-likeness (QED) is 0.739. The normalized spacial score (nSPS) is 10.8. The highest BCUT2D eigenvalue weighted by molar-refractivity contribution is 9.10. The van der Waals surface area contributed by atoms with Crippen LogP contribution in [0.4, 0.5) is 0 Å². The zero-order chi connectivity index (χ0) is 14.1. The highest BCUT2D eigenvalue weighted by Gasteiger charge is 2.07. The molecule has 2 N–H and O–H groups in total. The fraction of sp³-hybridized carbons (Fsp3) is 0.0667. The first kappa shape index (κ1) is 13.3. The second-order valence-electron chi connectivity index (χ2n) is 4.51. The molecule has 2 heterocycles. The summed E-state index contributed by atoms with van der Waals surface area (Å²) in [6, 6.07) is 12.0. The molecule has 0 saturated carbocycles. The van der Waals surface area contributed by atoms with Crippen LogP contribution >= 0.6 is 28.1 Å². The fourth-order valence-electron chi connectivity index (χ4n) is 2.25. The van der Waals surface area contributed by atoms with Crippen molar-refractivity contribution in [1.29, 1.82) is 0 Å². The number of nitrogens with two attached hydrogens (primary N) is 1. The van der Waals surface area contributed by atoms with E-state index in [1.54, 1.807) is 0 Å². The average Bonchev–Trinajstić information content (AvgIpc) is 2.84. The van der Waals surface area contributed by atoms with Crippen molar-refractivity contribution in [3.63, 3.8) is 0 Å². The van der Waals surface area contributed by atoms with Crippen LogP contribution in [0.5, 0.6) is 0 Å². The third-order valence-electron chi connectivity index (χ3n) is 3.20. The average molecular weight is 346 g/mol. The van der Waals surface area contributed by atoms with E-state index in [0.29, 0.717) is 4.99 Å². The summed E-state index contributed by atoms with van der Waals surface area (Å²) in [5.41, 5.74) is 8.80. The van der Waals surface area contributed by atoms with Gasteiger partial charge in [0.1, 0.15) is 4.99 Å². The van der Waals surface area contributed by atoms with E-state index in [4.69, 9.17) is 18.0 Å². The first-order valence-corrected chi connectivity index (χ1v) is 7.33. The molecule has 0 aliphatic rings. The summed E-state index contributed by atoms with van der Waals surface area (Å²) >= 11 is 8.48. The van der Waals surface area contributed by atoms with Crippen LogP contribution in [-0.2, 0) is 6.54 Å². The van der Waals surface area contributed by atoms with E-state index in [9.17, 15) is 0 Å². The molecule has 2 aromatic heterocycles. The van der Waals surface area contributed by atoms with Crippen LogP contribution in [-0.4, -0.2) is 14.5 Å². The first-order chi connectivity index (χ1) is 9.65. The van der Waals surface area contributed by atoms with Crippen LogP contribution in [0.2, 0.25) is 0 Å². The van der Waals surface area contributed by atoms with Crippen molar-refractivity contribution in [3.8, 4) is 0 Å². The van der Waals surface area contributed by atoms with Gasteiger partial charge in [0.05, 0.1) is 12.2 Å². The number of benzene rings is 1. The van der Waals surface area contributed by atoms with Crippen molar-refractivity contribution in [2.75, 3.05) is 0 Å². The van der Waals surface area contributed by atoms with Gasteiger partial charge in [0, 0.05) is 33.3 Å². The lowest BCUT2D eigenvalue weighted by Gasteiger charge is -2.06. The lowest BCUT2D eigenvalue weighted by molar-refractivity contribution is 0.807. The molecule has 0 aliphatic heterocycles. The third-order valence-corrected chi connectivity index (χ3v) is 3.89. The van der Waals surface area contributed by atoms with Gasteiger partial charge in [0.25, 0.3) is 0 Å². The Hall–Kier alpha value is -1.72. The zero-order valence-electron chi connectivity index (χ0n) is 10.6. The Balaban J connectivity index is 2.03. The lowest BCUT2D eigenvalue weighted by atomic mass is 10.1. The molecule has 3 rings (SSSR count). The third kappa shape index (κ3) is 2.46. The van der Waals surface area contributed by atoms with Gasteiger partial charge in [-0.3, -0.25) is 4.98 Å². The number of fused-ring (bicyclic) bond motifs is 1. The highest BCUT2D eigenvalue weighted by atomic mass is 79.9. The van der Waals surface area contributed by atoms with E-state index >= 15 is 0 Å². The second kappa shape index (κ2) is 5.34. The van der Waals surface area contributed by atoms with Crippen molar-refractivity contribution in [3.05, 3.63) is 64.5 Å². The molecular formula is C15H12BrN3S. The molecule has 0 atom stereocenters. The largest absolute Gasteiger partial charge is 0.389 e. The summed E-state index contributed by atoms with van der Waals surface area (Å²) in [5, 5.41) is 1.08. The number of hydrogen-bond acceptors (Lipinski definition) is 2. The van der Waals surface area contributed by atoms with Gasteiger partial charge in [-0.1, -0.05) is 24.4 Å². The molecule has 1 aromatic carbocycles. The van der Waals surface area contributed by atoms with Crippen LogP contribution in [0.25, 0.3) is 10.9 Å². The van der Waals surface area contributed by atoms with Gasteiger partial charge in [0.15, 0.2) is 0 Å².